The third-order valence-electron chi connectivity index (χ3n) is 4.01. The quantitative estimate of drug-likeness (QED) is 0.634. The average Bonchev–Trinajstić information content (AvgIpc) is 2.60. The number of para-hydroxylation sites is 1. The normalized spacial score (nSPS) is 10.5. The van der Waals surface area contributed by atoms with Crippen LogP contribution >= 0.6 is 0 Å². The minimum Gasteiger partial charge on any atom is -0.494 e. The summed E-state index contributed by atoms with van der Waals surface area (Å²) in [7, 11) is 0. The van der Waals surface area contributed by atoms with Crippen molar-refractivity contribution < 1.29 is 4.74 Å². The number of benzene rings is 2. The Kier molecular flexibility index (Phi) is 5.37. The van der Waals surface area contributed by atoms with Crippen molar-refractivity contribution in [3.8, 4) is 5.75 Å². The first kappa shape index (κ1) is 17.7. The second-order valence-electron chi connectivity index (χ2n) is 6.19. The van der Waals surface area contributed by atoms with Crippen LogP contribution in [0.3, 0.4) is 0 Å². The third kappa shape index (κ3) is 4.30. The van der Waals surface area contributed by atoms with Gasteiger partial charge in [-0.3, -0.25) is 0 Å². The molecule has 0 spiro atoms. The zero-order valence-corrected chi connectivity index (χ0v) is 15.6. The number of rotatable bonds is 6. The van der Waals surface area contributed by atoms with Gasteiger partial charge in [0.05, 0.1) is 6.61 Å². The first-order valence-electron chi connectivity index (χ1n) is 8.74. The van der Waals surface area contributed by atoms with E-state index in [1.165, 1.54) is 11.1 Å². The fraction of sp³-hybridized carbons (Fsp3) is 0.238. The second kappa shape index (κ2) is 7.87. The highest BCUT2D eigenvalue weighted by Crippen LogP contribution is 2.25. The molecule has 0 aliphatic carbocycles. The Morgan fingerprint density at radius 3 is 2.23 bits per heavy atom. The molecule has 2 aromatic carbocycles. The van der Waals surface area contributed by atoms with Gasteiger partial charge in [0.25, 0.3) is 0 Å². The summed E-state index contributed by atoms with van der Waals surface area (Å²) in [5.41, 5.74) is 5.25. The predicted molar refractivity (Wildman–Crippen MR) is 107 cm³/mol. The maximum atomic E-state index is 5.47. The molecule has 0 atom stereocenters. The van der Waals surface area contributed by atoms with Crippen LogP contribution < -0.4 is 15.4 Å². The summed E-state index contributed by atoms with van der Waals surface area (Å²) < 4.78 is 5.47. The topological polar surface area (TPSA) is 59.1 Å². The zero-order chi connectivity index (χ0) is 18.5. The number of anilines is 4. The molecule has 3 aromatic rings. The van der Waals surface area contributed by atoms with Gasteiger partial charge in [-0.1, -0.05) is 18.2 Å². The summed E-state index contributed by atoms with van der Waals surface area (Å²) in [6.07, 6.45) is 0. The minimum atomic E-state index is 0.558. The molecular weight excluding hydrogens is 324 g/mol. The lowest BCUT2D eigenvalue weighted by molar-refractivity contribution is 0.340. The molecule has 5 nitrogen and oxygen atoms in total. The molecule has 0 unspecified atom stereocenters. The molecule has 0 amide bonds. The van der Waals surface area contributed by atoms with Crippen molar-refractivity contribution in [2.75, 3.05) is 17.2 Å². The van der Waals surface area contributed by atoms with Crippen molar-refractivity contribution in [3.05, 3.63) is 65.4 Å². The Balaban J connectivity index is 1.81. The van der Waals surface area contributed by atoms with Crippen LogP contribution in [0.1, 0.15) is 23.7 Å². The molecule has 0 radical (unpaired) electrons. The number of aromatic nitrogens is 2. The molecule has 0 bridgehead atoms. The molecule has 0 saturated heterocycles. The van der Waals surface area contributed by atoms with Gasteiger partial charge in [-0.2, -0.15) is 4.98 Å². The lowest BCUT2D eigenvalue weighted by Gasteiger charge is -2.14. The molecule has 0 aliphatic rings. The van der Waals surface area contributed by atoms with Gasteiger partial charge < -0.3 is 15.4 Å². The number of hydrogen-bond donors (Lipinski definition) is 2. The zero-order valence-electron chi connectivity index (χ0n) is 15.6. The summed E-state index contributed by atoms with van der Waals surface area (Å²) in [5, 5.41) is 6.67. The van der Waals surface area contributed by atoms with Crippen LogP contribution in [0, 0.1) is 20.8 Å². The van der Waals surface area contributed by atoms with E-state index in [0.717, 1.165) is 28.6 Å². The summed E-state index contributed by atoms with van der Waals surface area (Å²) >= 11 is 0. The molecule has 1 aromatic heterocycles. The number of nitrogens with zero attached hydrogens (tertiary/aromatic N) is 2. The van der Waals surface area contributed by atoms with Crippen LogP contribution in [-0.4, -0.2) is 16.6 Å². The highest BCUT2D eigenvalue weighted by Gasteiger charge is 2.07. The van der Waals surface area contributed by atoms with E-state index in [1.54, 1.807) is 0 Å². The van der Waals surface area contributed by atoms with Gasteiger partial charge in [-0.05, 0) is 63.1 Å². The molecule has 0 fully saturated rings. The van der Waals surface area contributed by atoms with Crippen LogP contribution in [0.2, 0.25) is 0 Å². The van der Waals surface area contributed by atoms with Crippen molar-refractivity contribution >= 4 is 23.1 Å². The number of nitrogens with one attached hydrogen (secondary N) is 2. The van der Waals surface area contributed by atoms with E-state index in [9.17, 15) is 0 Å². The fourth-order valence-corrected chi connectivity index (χ4v) is 2.76. The molecule has 26 heavy (non-hydrogen) atoms. The Hall–Kier alpha value is -3.08. The Labute approximate surface area is 154 Å². The number of aryl methyl sites for hydroxylation is 3. The van der Waals surface area contributed by atoms with Gasteiger partial charge in [0.1, 0.15) is 11.6 Å². The molecular formula is C21H24N4O. The Bertz CT molecular complexity index is 871. The summed E-state index contributed by atoms with van der Waals surface area (Å²) in [6.45, 7) is 8.75. The van der Waals surface area contributed by atoms with Crippen LogP contribution in [0.5, 0.6) is 5.75 Å². The highest BCUT2D eigenvalue weighted by atomic mass is 16.5. The predicted octanol–water partition coefficient (Wildman–Crippen LogP) is 5.29. The molecule has 3 rings (SSSR count). The van der Waals surface area contributed by atoms with Gasteiger partial charge in [-0.15, -0.1) is 0 Å². The van der Waals surface area contributed by atoms with E-state index in [4.69, 9.17) is 4.74 Å². The summed E-state index contributed by atoms with van der Waals surface area (Å²) in [4.78, 5) is 9.08. The summed E-state index contributed by atoms with van der Waals surface area (Å²) in [6, 6.07) is 15.9. The fourth-order valence-electron chi connectivity index (χ4n) is 2.76. The molecule has 5 heteroatoms. The number of ether oxygens (including phenoxy) is 1. The molecule has 0 saturated carbocycles. The number of hydrogen-bond acceptors (Lipinski definition) is 5. The first-order valence-corrected chi connectivity index (χ1v) is 8.74. The monoisotopic (exact) mass is 348 g/mol. The average molecular weight is 348 g/mol. The van der Waals surface area contributed by atoms with Gasteiger partial charge in [0.15, 0.2) is 0 Å². The van der Waals surface area contributed by atoms with Crippen molar-refractivity contribution in [2.45, 2.75) is 27.7 Å². The van der Waals surface area contributed by atoms with Crippen molar-refractivity contribution in [2.24, 2.45) is 0 Å². The van der Waals surface area contributed by atoms with Crippen LogP contribution in [0.4, 0.5) is 23.1 Å². The van der Waals surface area contributed by atoms with Gasteiger partial charge in [-0.25, -0.2) is 4.98 Å². The first-order chi connectivity index (χ1) is 12.5. The van der Waals surface area contributed by atoms with E-state index in [0.29, 0.717) is 12.6 Å². The van der Waals surface area contributed by atoms with Crippen molar-refractivity contribution in [1.29, 1.82) is 0 Å². The van der Waals surface area contributed by atoms with Crippen LogP contribution in [0.15, 0.2) is 48.5 Å². The lowest BCUT2D eigenvalue weighted by atomic mass is 10.1. The van der Waals surface area contributed by atoms with Gasteiger partial charge >= 0.3 is 0 Å². The SMILES string of the molecule is CCOc1ccc(Nc2nc(C)cc(Nc3c(C)cccc3C)n2)cc1. The third-order valence-corrected chi connectivity index (χ3v) is 4.01. The van der Waals surface area contributed by atoms with Crippen LogP contribution in [0.25, 0.3) is 0 Å². The van der Waals surface area contributed by atoms with Crippen molar-refractivity contribution in [3.63, 3.8) is 0 Å². The van der Waals surface area contributed by atoms with Gasteiger partial charge in [0, 0.05) is 23.1 Å². The summed E-state index contributed by atoms with van der Waals surface area (Å²) in [5.74, 6) is 2.17. The van der Waals surface area contributed by atoms with E-state index >= 15 is 0 Å². The lowest BCUT2D eigenvalue weighted by Crippen LogP contribution is -2.04. The van der Waals surface area contributed by atoms with E-state index in [1.807, 2.05) is 44.2 Å². The largest absolute Gasteiger partial charge is 0.494 e. The molecule has 2 N–H and O–H groups in total. The molecule has 0 aliphatic heterocycles. The maximum Gasteiger partial charge on any atom is 0.229 e. The molecule has 134 valence electrons. The van der Waals surface area contributed by atoms with E-state index in [-0.39, 0.29) is 0 Å². The highest BCUT2D eigenvalue weighted by molar-refractivity contribution is 5.66. The second-order valence-corrected chi connectivity index (χ2v) is 6.19. The van der Waals surface area contributed by atoms with E-state index < -0.39 is 0 Å². The standard InChI is InChI=1S/C21H24N4O/c1-5-26-18-11-9-17(10-12-18)23-21-22-16(4)13-19(25-21)24-20-14(2)7-6-8-15(20)3/h6-13H,5H2,1-4H3,(H2,22,23,24,25). The maximum absolute atomic E-state index is 5.47. The van der Waals surface area contributed by atoms with Gasteiger partial charge in [0.2, 0.25) is 5.95 Å². The molecule has 1 heterocycles. The minimum absolute atomic E-state index is 0.558. The Morgan fingerprint density at radius 1 is 0.885 bits per heavy atom. The van der Waals surface area contributed by atoms with Crippen LogP contribution in [-0.2, 0) is 0 Å². The smallest absolute Gasteiger partial charge is 0.229 e. The van der Waals surface area contributed by atoms with Crippen molar-refractivity contribution in [1.82, 2.24) is 9.97 Å². The van der Waals surface area contributed by atoms with E-state index in [2.05, 4.69) is 52.6 Å². The Morgan fingerprint density at radius 2 is 1.58 bits per heavy atom.